The Kier molecular flexibility index (Phi) is 4.87. The minimum absolute atomic E-state index is 0.0119. The van der Waals surface area contributed by atoms with Gasteiger partial charge in [0.1, 0.15) is 0 Å². The van der Waals surface area contributed by atoms with E-state index in [2.05, 4.69) is 5.18 Å². The second kappa shape index (κ2) is 6.01. The largest absolute Gasteiger partial charge is 0.465 e. The summed E-state index contributed by atoms with van der Waals surface area (Å²) in [6, 6.07) is 0. The van der Waals surface area contributed by atoms with Gasteiger partial charge in [0.25, 0.3) is 0 Å². The van der Waals surface area contributed by atoms with Crippen molar-refractivity contribution in [1.29, 1.82) is 0 Å². The van der Waals surface area contributed by atoms with Gasteiger partial charge in [-0.25, -0.2) is 0 Å². The predicted molar refractivity (Wildman–Crippen MR) is 54.9 cm³/mol. The van der Waals surface area contributed by atoms with Crippen LogP contribution in [0, 0.1) is 11.1 Å². The smallest absolute Gasteiger partial charge is 0.309 e. The highest BCUT2D eigenvalue weighted by Crippen LogP contribution is 2.20. The molecule has 0 aromatic rings. The van der Waals surface area contributed by atoms with Crippen molar-refractivity contribution in [3.05, 3.63) is 0 Å². The summed E-state index contributed by atoms with van der Waals surface area (Å²) >= 11 is 1.64. The molecule has 0 aromatic heterocycles. The van der Waals surface area contributed by atoms with Crippen LogP contribution in [0.3, 0.4) is 0 Å². The first kappa shape index (κ1) is 10.6. The van der Waals surface area contributed by atoms with E-state index >= 15 is 0 Å². The van der Waals surface area contributed by atoms with Crippen LogP contribution in [0.15, 0.2) is 0 Å². The van der Waals surface area contributed by atoms with Crippen LogP contribution in [-0.4, -0.2) is 18.8 Å². The summed E-state index contributed by atoms with van der Waals surface area (Å²) < 4.78 is 4.88. The fourth-order valence-electron chi connectivity index (χ4n) is 1.49. The van der Waals surface area contributed by atoms with Crippen LogP contribution in [0.2, 0.25) is 0 Å². The maximum atomic E-state index is 11.1. The molecule has 0 radical (unpaired) electrons. The molecule has 0 aliphatic carbocycles. The van der Waals surface area contributed by atoms with Gasteiger partial charge in [0.2, 0.25) is 0 Å². The second-order valence-electron chi connectivity index (χ2n) is 3.25. The van der Waals surface area contributed by atoms with Gasteiger partial charge < -0.3 is 4.74 Å². The topological polar surface area (TPSA) is 26.3 Å². The van der Waals surface area contributed by atoms with Crippen LogP contribution in [0.1, 0.15) is 32.1 Å². The van der Waals surface area contributed by atoms with Gasteiger partial charge >= 0.3 is 5.97 Å². The van der Waals surface area contributed by atoms with E-state index in [1.807, 2.05) is 6.26 Å². The van der Waals surface area contributed by atoms with Crippen LogP contribution in [0.5, 0.6) is 0 Å². The third-order valence-electron chi connectivity index (χ3n) is 2.27. The summed E-state index contributed by atoms with van der Waals surface area (Å²) in [4.78, 5) is 11.1. The van der Waals surface area contributed by atoms with Gasteiger partial charge in [-0.1, -0.05) is 11.6 Å². The van der Waals surface area contributed by atoms with Crippen LogP contribution >= 0.6 is 11.2 Å². The molecule has 1 aliphatic rings. The molecule has 1 fully saturated rings. The highest BCUT2D eigenvalue weighted by molar-refractivity contribution is 7.87. The van der Waals surface area contributed by atoms with Gasteiger partial charge in [-0.2, -0.15) is 0 Å². The standard InChI is InChI=1S/C10H16O2S/c1-13-8-4-2-3-5-9-6-7-12-10(9)11/h9H,2-7H2,1H3. The Labute approximate surface area is 83.3 Å². The second-order valence-corrected chi connectivity index (χ2v) is 3.94. The summed E-state index contributed by atoms with van der Waals surface area (Å²) in [6.45, 7) is 0.632. The lowest BCUT2D eigenvalue weighted by Crippen LogP contribution is -2.06. The van der Waals surface area contributed by atoms with E-state index in [0.717, 1.165) is 32.1 Å². The maximum Gasteiger partial charge on any atom is 0.309 e. The molecule has 1 saturated heterocycles. The lowest BCUT2D eigenvalue weighted by molar-refractivity contribution is -0.141. The molecule has 1 rings (SSSR count). The molecule has 0 N–H and O–H groups in total. The molecule has 1 unspecified atom stereocenters. The molecule has 1 aliphatic heterocycles. The molecule has 0 bridgehead atoms. The summed E-state index contributed by atoms with van der Waals surface area (Å²) in [6.07, 6.45) is 7.24. The highest BCUT2D eigenvalue weighted by Gasteiger charge is 2.25. The monoisotopic (exact) mass is 200 g/mol. The average molecular weight is 200 g/mol. The van der Waals surface area contributed by atoms with Crippen LogP contribution < -0.4 is 0 Å². The minimum atomic E-state index is 0.0119. The van der Waals surface area contributed by atoms with Crippen molar-refractivity contribution in [3.63, 3.8) is 0 Å². The van der Waals surface area contributed by atoms with Gasteiger partial charge in [-0.15, -0.1) is 11.2 Å². The van der Waals surface area contributed by atoms with E-state index in [1.165, 1.54) is 0 Å². The number of hydrogen-bond donors (Lipinski definition) is 0. The van der Waals surface area contributed by atoms with E-state index < -0.39 is 0 Å². The first-order valence-corrected chi connectivity index (χ1v) is 5.99. The summed E-state index contributed by atoms with van der Waals surface area (Å²) in [7, 11) is 0. The third-order valence-corrected chi connectivity index (χ3v) is 2.76. The zero-order valence-electron chi connectivity index (χ0n) is 8.04. The number of carbonyl (C=O) groups excluding carboxylic acids is 1. The molecule has 2 nitrogen and oxygen atoms in total. The number of hydrogen-bond acceptors (Lipinski definition) is 2. The molecular formula is C10H16O2S. The first-order valence-electron chi connectivity index (χ1n) is 4.77. The Morgan fingerprint density at radius 3 is 3.08 bits per heavy atom. The maximum absolute atomic E-state index is 11.1. The van der Waals surface area contributed by atoms with Gasteiger partial charge in [0, 0.05) is 12.7 Å². The van der Waals surface area contributed by atoms with Crippen molar-refractivity contribution in [1.82, 2.24) is 0 Å². The molecule has 74 valence electrons. The predicted octanol–water partition coefficient (Wildman–Crippen LogP) is 2.43. The number of rotatable bonds is 4. The number of carbonyl (C=O) groups is 1. The fraction of sp³-hybridized carbons (Fsp3) is 0.800. The van der Waals surface area contributed by atoms with Crippen molar-refractivity contribution < 1.29 is 9.53 Å². The number of cyclic esters (lactones) is 1. The lowest BCUT2D eigenvalue weighted by Gasteiger charge is -2.02. The van der Waals surface area contributed by atoms with Gasteiger partial charge in [-0.05, 0) is 19.3 Å². The number of unbranched alkanes of at least 4 members (excludes halogenated alkanes) is 2. The number of ether oxygens (including phenoxy) is 1. The summed E-state index contributed by atoms with van der Waals surface area (Å²) in [5.41, 5.74) is 0. The molecular weight excluding hydrogens is 184 g/mol. The molecule has 13 heavy (non-hydrogen) atoms. The minimum Gasteiger partial charge on any atom is -0.465 e. The normalized spacial score (nSPS) is 21.0. The van der Waals surface area contributed by atoms with E-state index in [1.54, 1.807) is 11.2 Å². The summed E-state index contributed by atoms with van der Waals surface area (Å²) in [5, 5.41) is 3.19. The molecule has 1 heterocycles. The average Bonchev–Trinajstić information content (AvgIpc) is 2.52. The first-order chi connectivity index (χ1) is 6.34. The van der Waals surface area contributed by atoms with Crippen molar-refractivity contribution in [2.45, 2.75) is 32.1 Å². The highest BCUT2D eigenvalue weighted by atomic mass is 32.1. The summed E-state index contributed by atoms with van der Waals surface area (Å²) in [5.74, 6) is 0.201. The molecule has 0 saturated carbocycles. The van der Waals surface area contributed by atoms with Crippen molar-refractivity contribution in [2.75, 3.05) is 12.9 Å². The van der Waals surface area contributed by atoms with E-state index in [-0.39, 0.29) is 11.9 Å². The van der Waals surface area contributed by atoms with Crippen LogP contribution in [0.4, 0.5) is 0 Å². The SMILES string of the molecule is CS#CCCCCC1CCOC1=O. The molecule has 0 aromatic carbocycles. The Hall–Kier alpha value is -0.530. The van der Waals surface area contributed by atoms with E-state index in [9.17, 15) is 4.79 Å². The zero-order chi connectivity index (χ0) is 9.52. The van der Waals surface area contributed by atoms with Crippen molar-refractivity contribution in [2.24, 2.45) is 5.92 Å². The Balaban J connectivity index is 2.04. The quantitative estimate of drug-likeness (QED) is 0.514. The molecule has 3 heteroatoms. The Morgan fingerprint density at radius 1 is 1.62 bits per heavy atom. The Morgan fingerprint density at radius 2 is 2.46 bits per heavy atom. The van der Waals surface area contributed by atoms with Crippen molar-refractivity contribution in [3.8, 4) is 5.18 Å². The third kappa shape index (κ3) is 3.79. The van der Waals surface area contributed by atoms with Crippen LogP contribution in [0.25, 0.3) is 0 Å². The fourth-order valence-corrected chi connectivity index (χ4v) is 1.84. The number of esters is 1. The molecule has 0 amide bonds. The molecule has 0 spiro atoms. The zero-order valence-corrected chi connectivity index (χ0v) is 8.86. The van der Waals surface area contributed by atoms with Crippen LogP contribution in [-0.2, 0) is 9.53 Å². The lowest BCUT2D eigenvalue weighted by atomic mass is 10.0. The molecule has 1 atom stereocenters. The Bertz CT molecular complexity index is 227. The van der Waals surface area contributed by atoms with Crippen molar-refractivity contribution >= 4 is 17.1 Å². The van der Waals surface area contributed by atoms with Gasteiger partial charge in [0.15, 0.2) is 0 Å². The van der Waals surface area contributed by atoms with E-state index in [0.29, 0.717) is 6.61 Å². The van der Waals surface area contributed by atoms with Gasteiger partial charge in [-0.3, -0.25) is 4.79 Å². The van der Waals surface area contributed by atoms with E-state index in [4.69, 9.17) is 4.74 Å². The van der Waals surface area contributed by atoms with Gasteiger partial charge in [0.05, 0.1) is 12.5 Å².